The molecule has 0 unspecified atom stereocenters. The summed E-state index contributed by atoms with van der Waals surface area (Å²) in [4.78, 5) is 14.9. The van der Waals surface area contributed by atoms with Crippen molar-refractivity contribution in [3.8, 4) is 5.75 Å². The number of nitro groups is 1. The lowest BCUT2D eigenvalue weighted by Crippen LogP contribution is -2.50. The molecule has 0 aliphatic heterocycles. The zero-order valence-corrected chi connectivity index (χ0v) is 22.3. The summed E-state index contributed by atoms with van der Waals surface area (Å²) < 4.78 is 8.54. The lowest BCUT2D eigenvalue weighted by Gasteiger charge is -2.42. The summed E-state index contributed by atoms with van der Waals surface area (Å²) >= 11 is 7.34. The summed E-state index contributed by atoms with van der Waals surface area (Å²) in [5, 5.41) is 10.8. The number of aliphatic imine (C=N–C) groups is 1. The molecule has 0 saturated heterocycles. The first-order chi connectivity index (χ1) is 14.0. The molecule has 0 saturated carbocycles. The molecule has 30 heavy (non-hydrogen) atoms. The highest BCUT2D eigenvalue weighted by molar-refractivity contribution is 9.11. The van der Waals surface area contributed by atoms with Crippen molar-refractivity contribution in [2.75, 3.05) is 0 Å². The molecular weight excluding hydrogens is 528 g/mol. The van der Waals surface area contributed by atoms with E-state index in [0.29, 0.717) is 16.6 Å². The van der Waals surface area contributed by atoms with E-state index < -0.39 is 13.2 Å². The van der Waals surface area contributed by atoms with Crippen LogP contribution in [0.5, 0.6) is 5.75 Å². The molecule has 2 aromatic rings. The van der Waals surface area contributed by atoms with Crippen LogP contribution in [0.4, 0.5) is 11.4 Å². The van der Waals surface area contributed by atoms with Crippen LogP contribution in [0.2, 0.25) is 16.6 Å². The van der Waals surface area contributed by atoms with Gasteiger partial charge in [-0.2, -0.15) is 0 Å². The fourth-order valence-corrected chi connectivity index (χ4v) is 11.0. The van der Waals surface area contributed by atoms with Gasteiger partial charge >= 0.3 is 0 Å². The second-order valence-electron chi connectivity index (χ2n) is 8.27. The van der Waals surface area contributed by atoms with Gasteiger partial charge in [0.25, 0.3) is 14.0 Å². The zero-order chi connectivity index (χ0) is 22.6. The van der Waals surface area contributed by atoms with E-state index in [1.807, 2.05) is 12.1 Å². The summed E-state index contributed by atoms with van der Waals surface area (Å²) in [5.41, 5.74) is 3.01. The molecule has 0 aliphatic carbocycles. The fraction of sp³-hybridized carbons (Fsp3) is 0.409. The minimum Gasteiger partial charge on any atom is -0.541 e. The first-order valence-corrected chi connectivity index (χ1v) is 13.7. The Morgan fingerprint density at radius 2 is 1.43 bits per heavy atom. The third-order valence-corrected chi connectivity index (χ3v) is 12.6. The number of hydrogen-bond donors (Lipinski definition) is 0. The van der Waals surface area contributed by atoms with E-state index in [2.05, 4.69) is 78.4 Å². The largest absolute Gasteiger partial charge is 0.541 e. The Balaban J connectivity index is 2.33. The fourth-order valence-electron chi connectivity index (χ4n) is 4.08. The Bertz CT molecular complexity index is 884. The molecule has 0 heterocycles. The van der Waals surface area contributed by atoms with Crippen molar-refractivity contribution in [1.29, 1.82) is 0 Å². The van der Waals surface area contributed by atoms with Gasteiger partial charge in [-0.3, -0.25) is 15.1 Å². The smallest absolute Gasteiger partial charge is 0.269 e. The molecule has 0 amide bonds. The van der Waals surface area contributed by atoms with Crippen LogP contribution in [0.25, 0.3) is 0 Å². The van der Waals surface area contributed by atoms with Gasteiger partial charge in [0.2, 0.25) is 0 Å². The van der Waals surface area contributed by atoms with Crippen LogP contribution in [0.1, 0.15) is 47.1 Å². The van der Waals surface area contributed by atoms with Gasteiger partial charge in [0.05, 0.1) is 19.6 Å². The van der Waals surface area contributed by atoms with Gasteiger partial charge in [-0.25, -0.2) is 0 Å². The van der Waals surface area contributed by atoms with E-state index in [1.165, 1.54) is 12.1 Å². The zero-order valence-electron chi connectivity index (χ0n) is 18.1. The minimum atomic E-state index is -2.09. The highest BCUT2D eigenvalue weighted by Crippen LogP contribution is 2.47. The third-order valence-electron chi connectivity index (χ3n) is 5.44. The quantitative estimate of drug-likeness (QED) is 0.142. The van der Waals surface area contributed by atoms with Crippen LogP contribution in [-0.2, 0) is 0 Å². The van der Waals surface area contributed by atoms with Crippen molar-refractivity contribution >= 4 is 57.8 Å². The van der Waals surface area contributed by atoms with Gasteiger partial charge in [0, 0.05) is 18.3 Å². The monoisotopic (exact) mass is 554 g/mol. The van der Waals surface area contributed by atoms with Crippen LogP contribution >= 0.6 is 31.9 Å². The molecule has 5 nitrogen and oxygen atoms in total. The molecular formula is C22H28Br2N2O3Si. The topological polar surface area (TPSA) is 64.7 Å². The molecule has 0 fully saturated rings. The number of halogens is 2. The van der Waals surface area contributed by atoms with Crippen molar-refractivity contribution < 1.29 is 9.35 Å². The van der Waals surface area contributed by atoms with Crippen LogP contribution in [0.15, 0.2) is 50.3 Å². The summed E-state index contributed by atoms with van der Waals surface area (Å²) in [6.07, 6.45) is 1.69. The Kier molecular flexibility index (Phi) is 8.41. The Morgan fingerprint density at radius 1 is 0.967 bits per heavy atom. The Morgan fingerprint density at radius 3 is 1.83 bits per heavy atom. The van der Waals surface area contributed by atoms with E-state index in [0.717, 1.165) is 25.9 Å². The number of non-ortho nitro benzene ring substituents is 1. The standard InChI is InChI=1S/C22H28Br2N2O3Si/c1-14(2)30(15(3)4,16(5)6)29-22-20(23)11-18(12-21(22)24)25-13-17-7-9-19(10-8-17)26(27)28/h7-16H,1-6H3. The Hall–Kier alpha value is -1.51. The van der Waals surface area contributed by atoms with E-state index in [9.17, 15) is 10.1 Å². The van der Waals surface area contributed by atoms with Gasteiger partial charge < -0.3 is 4.43 Å². The van der Waals surface area contributed by atoms with Crippen LogP contribution < -0.4 is 4.43 Å². The lowest BCUT2D eigenvalue weighted by molar-refractivity contribution is -0.384. The van der Waals surface area contributed by atoms with Crippen LogP contribution in [0, 0.1) is 10.1 Å². The molecule has 0 atom stereocenters. The second kappa shape index (κ2) is 10.2. The number of rotatable bonds is 8. The number of benzene rings is 2. The SMILES string of the molecule is CC(C)[Si](Oc1c(Br)cc(N=Cc2ccc([N+](=O)[O-])cc2)cc1Br)(C(C)C)C(C)C. The van der Waals surface area contributed by atoms with Crippen molar-refractivity contribution in [2.24, 2.45) is 4.99 Å². The van der Waals surface area contributed by atoms with E-state index in [4.69, 9.17) is 4.43 Å². The molecule has 162 valence electrons. The van der Waals surface area contributed by atoms with Crippen molar-refractivity contribution in [3.05, 3.63) is 61.0 Å². The van der Waals surface area contributed by atoms with E-state index in [1.54, 1.807) is 18.3 Å². The molecule has 0 N–H and O–H groups in total. The predicted molar refractivity (Wildman–Crippen MR) is 134 cm³/mol. The summed E-state index contributed by atoms with van der Waals surface area (Å²) in [7, 11) is -2.09. The first-order valence-electron chi connectivity index (χ1n) is 9.95. The normalized spacial score (nSPS) is 12.4. The third kappa shape index (κ3) is 5.39. The number of hydrogen-bond acceptors (Lipinski definition) is 4. The van der Waals surface area contributed by atoms with Crippen molar-refractivity contribution in [2.45, 2.75) is 58.2 Å². The van der Waals surface area contributed by atoms with Crippen molar-refractivity contribution in [3.63, 3.8) is 0 Å². The maximum atomic E-state index is 10.8. The van der Waals surface area contributed by atoms with Gasteiger partial charge in [-0.15, -0.1) is 0 Å². The van der Waals surface area contributed by atoms with Gasteiger partial charge in [0.15, 0.2) is 0 Å². The maximum Gasteiger partial charge on any atom is 0.269 e. The Labute approximate surface area is 196 Å². The van der Waals surface area contributed by atoms with E-state index in [-0.39, 0.29) is 5.69 Å². The molecule has 2 aromatic carbocycles. The van der Waals surface area contributed by atoms with Gasteiger partial charge in [0.1, 0.15) is 5.75 Å². The number of nitro benzene ring substituents is 1. The summed E-state index contributed by atoms with van der Waals surface area (Å²) in [5.74, 6) is 0.826. The predicted octanol–water partition coefficient (Wildman–Crippen LogP) is 8.42. The molecule has 8 heteroatoms. The average Bonchev–Trinajstić information content (AvgIpc) is 2.65. The highest BCUT2D eigenvalue weighted by atomic mass is 79.9. The van der Waals surface area contributed by atoms with E-state index >= 15 is 0 Å². The second-order valence-corrected chi connectivity index (χ2v) is 15.3. The highest BCUT2D eigenvalue weighted by Gasteiger charge is 2.47. The molecule has 0 spiro atoms. The first kappa shape index (κ1) is 24.8. The summed E-state index contributed by atoms with van der Waals surface area (Å²) in [6.45, 7) is 13.6. The minimum absolute atomic E-state index is 0.0623. The van der Waals surface area contributed by atoms with Crippen LogP contribution in [-0.4, -0.2) is 19.5 Å². The maximum absolute atomic E-state index is 10.8. The lowest BCUT2D eigenvalue weighted by atomic mass is 10.2. The average molecular weight is 556 g/mol. The molecule has 0 radical (unpaired) electrons. The molecule has 2 rings (SSSR count). The number of nitrogens with zero attached hydrogens (tertiary/aromatic N) is 2. The summed E-state index contributed by atoms with van der Waals surface area (Å²) in [6, 6.07) is 10.2. The van der Waals surface area contributed by atoms with Crippen molar-refractivity contribution in [1.82, 2.24) is 0 Å². The molecule has 0 aromatic heterocycles. The van der Waals surface area contributed by atoms with Gasteiger partial charge in [-0.05, 0) is 78.3 Å². The van der Waals surface area contributed by atoms with Gasteiger partial charge in [-0.1, -0.05) is 41.5 Å². The molecule has 0 aliphatic rings. The van der Waals surface area contributed by atoms with Crippen LogP contribution in [0.3, 0.4) is 0 Å². The molecule has 0 bridgehead atoms.